The highest BCUT2D eigenvalue weighted by Crippen LogP contribution is 2.25. The first-order chi connectivity index (χ1) is 9.99. The maximum atomic E-state index is 13.0. The van der Waals surface area contributed by atoms with Crippen LogP contribution in [0.1, 0.15) is 5.56 Å². The first kappa shape index (κ1) is 14.7. The number of nitro benzene ring substituents is 1. The van der Waals surface area contributed by atoms with Gasteiger partial charge in [-0.2, -0.15) is 0 Å². The van der Waals surface area contributed by atoms with Gasteiger partial charge in [-0.3, -0.25) is 16.0 Å². The smallest absolute Gasteiger partial charge is 0.293 e. The predicted molar refractivity (Wildman–Crippen MR) is 71.6 cm³/mol. The normalized spacial score (nSPS) is 10.2. The molecule has 21 heavy (non-hydrogen) atoms. The van der Waals surface area contributed by atoms with Crippen molar-refractivity contribution in [1.29, 1.82) is 0 Å². The molecule has 2 rings (SSSR count). The average Bonchev–Trinajstić information content (AvgIpc) is 2.43. The van der Waals surface area contributed by atoms with E-state index in [1.165, 1.54) is 18.2 Å². The van der Waals surface area contributed by atoms with Crippen LogP contribution in [0.5, 0.6) is 5.75 Å². The quantitative estimate of drug-likeness (QED) is 0.503. The molecule has 3 N–H and O–H groups in total. The second kappa shape index (κ2) is 6.14. The Morgan fingerprint density at radius 3 is 2.43 bits per heavy atom. The number of rotatable bonds is 5. The van der Waals surface area contributed by atoms with Crippen LogP contribution in [0.2, 0.25) is 0 Å². The van der Waals surface area contributed by atoms with Crippen LogP contribution in [0, 0.1) is 21.7 Å². The topological polar surface area (TPSA) is 90.4 Å². The highest BCUT2D eigenvalue weighted by Gasteiger charge is 2.13. The van der Waals surface area contributed by atoms with E-state index in [4.69, 9.17) is 10.6 Å². The second-order valence-corrected chi connectivity index (χ2v) is 4.15. The summed E-state index contributed by atoms with van der Waals surface area (Å²) in [4.78, 5) is 10.2. The maximum absolute atomic E-state index is 13.0. The lowest BCUT2D eigenvalue weighted by Crippen LogP contribution is -2.10. The van der Waals surface area contributed by atoms with Crippen LogP contribution in [0.25, 0.3) is 0 Å². The molecule has 6 nitrogen and oxygen atoms in total. The number of hydrogen-bond donors (Lipinski definition) is 2. The van der Waals surface area contributed by atoms with Crippen molar-refractivity contribution in [2.45, 2.75) is 6.61 Å². The van der Waals surface area contributed by atoms with Crippen molar-refractivity contribution in [3.8, 4) is 5.75 Å². The van der Waals surface area contributed by atoms with Gasteiger partial charge >= 0.3 is 0 Å². The molecule has 110 valence electrons. The largest absolute Gasteiger partial charge is 0.489 e. The molecule has 0 aliphatic rings. The van der Waals surface area contributed by atoms with E-state index < -0.39 is 16.6 Å². The van der Waals surface area contributed by atoms with Gasteiger partial charge < -0.3 is 10.2 Å². The number of nitro groups is 1. The van der Waals surface area contributed by atoms with Gasteiger partial charge in [-0.15, -0.1) is 0 Å². The van der Waals surface area contributed by atoms with E-state index in [9.17, 15) is 18.9 Å². The molecule has 0 unspecified atom stereocenters. The molecule has 0 aromatic heterocycles. The van der Waals surface area contributed by atoms with Crippen LogP contribution in [-0.4, -0.2) is 4.92 Å². The first-order valence-electron chi connectivity index (χ1n) is 5.82. The van der Waals surface area contributed by atoms with Gasteiger partial charge in [0, 0.05) is 24.3 Å². The molecule has 0 radical (unpaired) electrons. The maximum Gasteiger partial charge on any atom is 0.293 e. The number of halogens is 2. The van der Waals surface area contributed by atoms with Crippen molar-refractivity contribution >= 4 is 11.4 Å². The number of nitrogens with two attached hydrogens (primary N) is 1. The van der Waals surface area contributed by atoms with Gasteiger partial charge in [0.1, 0.15) is 29.7 Å². The van der Waals surface area contributed by atoms with Crippen molar-refractivity contribution in [2.24, 2.45) is 5.84 Å². The number of ether oxygens (including phenoxy) is 1. The van der Waals surface area contributed by atoms with Gasteiger partial charge in [-0.1, -0.05) is 0 Å². The Balaban J connectivity index is 2.14. The third-order valence-electron chi connectivity index (χ3n) is 2.65. The summed E-state index contributed by atoms with van der Waals surface area (Å²) in [5.41, 5.74) is 2.71. The lowest BCUT2D eigenvalue weighted by atomic mass is 10.2. The minimum atomic E-state index is -0.752. The van der Waals surface area contributed by atoms with E-state index >= 15 is 0 Å². The van der Waals surface area contributed by atoms with E-state index in [0.717, 1.165) is 18.2 Å². The van der Waals surface area contributed by atoms with Crippen molar-refractivity contribution in [3.05, 3.63) is 63.7 Å². The molecule has 0 aliphatic carbocycles. The van der Waals surface area contributed by atoms with E-state index in [0.29, 0.717) is 5.56 Å². The van der Waals surface area contributed by atoms with Gasteiger partial charge in [0.15, 0.2) is 0 Å². The summed E-state index contributed by atoms with van der Waals surface area (Å²) in [7, 11) is 0. The number of nitrogen functional groups attached to an aromatic ring is 1. The monoisotopic (exact) mass is 295 g/mol. The molecule has 2 aromatic carbocycles. The van der Waals surface area contributed by atoms with Crippen molar-refractivity contribution in [1.82, 2.24) is 0 Å². The van der Waals surface area contributed by atoms with E-state index in [2.05, 4.69) is 5.43 Å². The second-order valence-electron chi connectivity index (χ2n) is 4.15. The van der Waals surface area contributed by atoms with E-state index in [1.54, 1.807) is 0 Å². The average molecular weight is 295 g/mol. The molecule has 0 atom stereocenters. The minimum Gasteiger partial charge on any atom is -0.489 e. The standard InChI is InChI=1S/C13H11F2N3O3/c14-9-4-10(15)6-11(5-9)21-7-8-1-2-13(18(19)20)12(3-8)17-16/h1-6,17H,7,16H2. The molecule has 0 fully saturated rings. The molecular weight excluding hydrogens is 284 g/mol. The highest BCUT2D eigenvalue weighted by atomic mass is 19.1. The molecule has 0 heterocycles. The number of nitrogens with zero attached hydrogens (tertiary/aromatic N) is 1. The zero-order chi connectivity index (χ0) is 15.4. The number of nitrogens with one attached hydrogen (secondary N) is 1. The fourth-order valence-corrected chi connectivity index (χ4v) is 1.73. The molecule has 0 amide bonds. The molecule has 8 heteroatoms. The molecule has 0 aliphatic heterocycles. The number of anilines is 1. The summed E-state index contributed by atoms with van der Waals surface area (Å²) in [5, 5.41) is 10.7. The predicted octanol–water partition coefficient (Wildman–Crippen LogP) is 2.74. The molecule has 0 spiro atoms. The molecule has 0 saturated carbocycles. The van der Waals surface area contributed by atoms with E-state index in [-0.39, 0.29) is 23.7 Å². The third kappa shape index (κ3) is 3.63. The van der Waals surface area contributed by atoms with Crippen LogP contribution in [0.4, 0.5) is 20.2 Å². The Labute approximate surface area is 118 Å². The lowest BCUT2D eigenvalue weighted by Gasteiger charge is -2.08. The summed E-state index contributed by atoms with van der Waals surface area (Å²) >= 11 is 0. The SMILES string of the molecule is NNc1cc(COc2cc(F)cc(F)c2)ccc1[N+](=O)[O-]. The summed E-state index contributed by atoms with van der Waals surface area (Å²) in [6, 6.07) is 6.96. The fraction of sp³-hybridized carbons (Fsp3) is 0.0769. The van der Waals surface area contributed by atoms with Crippen LogP contribution >= 0.6 is 0 Å². The van der Waals surface area contributed by atoms with Gasteiger partial charge in [0.25, 0.3) is 5.69 Å². The Morgan fingerprint density at radius 2 is 1.86 bits per heavy atom. The molecule has 0 bridgehead atoms. The van der Waals surface area contributed by atoms with Crippen LogP contribution < -0.4 is 16.0 Å². The first-order valence-corrected chi connectivity index (χ1v) is 5.82. The summed E-state index contributed by atoms with van der Waals surface area (Å²) in [6.07, 6.45) is 0. The fourth-order valence-electron chi connectivity index (χ4n) is 1.73. The Kier molecular flexibility index (Phi) is 4.29. The van der Waals surface area contributed by atoms with Crippen molar-refractivity contribution < 1.29 is 18.4 Å². The van der Waals surface area contributed by atoms with Gasteiger partial charge in [0.2, 0.25) is 0 Å². The Morgan fingerprint density at radius 1 is 1.19 bits per heavy atom. The highest BCUT2D eigenvalue weighted by molar-refractivity contribution is 5.62. The summed E-state index contributed by atoms with van der Waals surface area (Å²) in [5.74, 6) is 3.73. The molecular formula is C13H11F2N3O3. The number of hydrogen-bond acceptors (Lipinski definition) is 5. The van der Waals surface area contributed by atoms with Crippen LogP contribution in [0.3, 0.4) is 0 Å². The third-order valence-corrected chi connectivity index (χ3v) is 2.65. The Hall–Kier alpha value is -2.74. The zero-order valence-electron chi connectivity index (χ0n) is 10.7. The van der Waals surface area contributed by atoms with Crippen LogP contribution in [0.15, 0.2) is 36.4 Å². The van der Waals surface area contributed by atoms with Crippen molar-refractivity contribution in [2.75, 3.05) is 5.43 Å². The van der Waals surface area contributed by atoms with Crippen LogP contribution in [-0.2, 0) is 6.61 Å². The summed E-state index contributed by atoms with van der Waals surface area (Å²) < 4.78 is 31.2. The zero-order valence-corrected chi connectivity index (χ0v) is 10.7. The van der Waals surface area contributed by atoms with Gasteiger partial charge in [-0.05, 0) is 17.7 Å². The number of benzene rings is 2. The molecule has 0 saturated heterocycles. The summed E-state index contributed by atoms with van der Waals surface area (Å²) in [6.45, 7) is -0.0183. The van der Waals surface area contributed by atoms with E-state index in [1.807, 2.05) is 0 Å². The van der Waals surface area contributed by atoms with Gasteiger partial charge in [0.05, 0.1) is 4.92 Å². The van der Waals surface area contributed by atoms with Gasteiger partial charge in [-0.25, -0.2) is 8.78 Å². The number of hydrazine groups is 1. The van der Waals surface area contributed by atoms with Crippen molar-refractivity contribution in [3.63, 3.8) is 0 Å². The Bertz CT molecular complexity index is 659. The lowest BCUT2D eigenvalue weighted by molar-refractivity contribution is -0.384. The minimum absolute atomic E-state index is 0.0183. The molecule has 2 aromatic rings.